The summed E-state index contributed by atoms with van der Waals surface area (Å²) in [6.07, 6.45) is 5.35. The summed E-state index contributed by atoms with van der Waals surface area (Å²) in [5, 5.41) is 6.14. The predicted octanol–water partition coefficient (Wildman–Crippen LogP) is 4.62. The molecule has 3 rings (SSSR count). The van der Waals surface area contributed by atoms with E-state index in [9.17, 15) is 13.2 Å². The lowest BCUT2D eigenvalue weighted by Gasteiger charge is -2.37. The smallest absolute Gasteiger partial charge is 0.315 e. The van der Waals surface area contributed by atoms with Crippen molar-refractivity contribution in [2.24, 2.45) is 5.92 Å². The van der Waals surface area contributed by atoms with Gasteiger partial charge in [-0.2, -0.15) is 0 Å². The Bertz CT molecular complexity index is 1220. The zero-order valence-corrected chi connectivity index (χ0v) is 25.4. The molecule has 2 aromatic rings. The Kier molecular flexibility index (Phi) is 10.8. The molecule has 2 amide bonds. The molecule has 1 atom stereocenters. The summed E-state index contributed by atoms with van der Waals surface area (Å²) in [6.45, 7) is 6.00. The molecule has 0 saturated heterocycles. The van der Waals surface area contributed by atoms with Crippen LogP contribution in [0, 0.1) is 26.7 Å². The van der Waals surface area contributed by atoms with Crippen molar-refractivity contribution in [2.45, 2.75) is 76.3 Å². The van der Waals surface area contributed by atoms with Gasteiger partial charge in [0, 0.05) is 18.6 Å². The molecule has 0 aliphatic heterocycles. The highest BCUT2D eigenvalue weighted by Gasteiger charge is 2.30. The summed E-state index contributed by atoms with van der Waals surface area (Å²) in [4.78, 5) is 15.3. The first-order valence-corrected chi connectivity index (χ1v) is 15.4. The molecule has 0 heterocycles. The summed E-state index contributed by atoms with van der Waals surface area (Å²) in [5.74, 6) is 1.28. The molecule has 2 aromatic carbocycles. The number of nitrogens with zero attached hydrogens (tertiary/aromatic N) is 1. The first-order chi connectivity index (χ1) is 18.5. The number of carbonyl (C=O) groups is 1. The van der Waals surface area contributed by atoms with Gasteiger partial charge in [0.2, 0.25) is 10.0 Å². The number of ether oxygens (including phenoxy) is 1. The number of hydrogen-bond donors (Lipinski definition) is 3. The van der Waals surface area contributed by atoms with Crippen LogP contribution in [0.25, 0.3) is 0 Å². The summed E-state index contributed by atoms with van der Waals surface area (Å²) in [5.41, 5.74) is 4.41. The number of nitrogens with one attached hydrogen (secondary N) is 3. The van der Waals surface area contributed by atoms with Crippen LogP contribution in [0.5, 0.6) is 5.75 Å². The predicted molar refractivity (Wildman–Crippen MR) is 157 cm³/mol. The second-order valence-electron chi connectivity index (χ2n) is 10.9. The summed E-state index contributed by atoms with van der Waals surface area (Å²) < 4.78 is 33.5. The number of methoxy groups -OCH3 is 1. The van der Waals surface area contributed by atoms with E-state index in [-0.39, 0.29) is 12.1 Å². The van der Waals surface area contributed by atoms with Gasteiger partial charge in [0.25, 0.3) is 0 Å². The topological polar surface area (TPSA) is 99.8 Å². The molecule has 39 heavy (non-hydrogen) atoms. The maximum atomic E-state index is 12.7. The third-order valence-corrected chi connectivity index (χ3v) is 9.88. The van der Waals surface area contributed by atoms with Gasteiger partial charge in [-0.15, -0.1) is 0 Å². The van der Waals surface area contributed by atoms with Crippen LogP contribution < -0.4 is 20.1 Å². The molecule has 9 heteroatoms. The minimum Gasteiger partial charge on any atom is -0.496 e. The highest BCUT2D eigenvalue weighted by molar-refractivity contribution is 7.89. The van der Waals surface area contributed by atoms with Gasteiger partial charge in [-0.1, -0.05) is 30.3 Å². The van der Waals surface area contributed by atoms with Gasteiger partial charge in [0.15, 0.2) is 0 Å². The third-order valence-electron chi connectivity index (χ3n) is 8.19. The SMILES string of the molecule is CNS(=O)(=O)c1c(C)c(C)c(OC)c(CCCNC(=O)NC2CCC(C(c3ccccc3)N(C)C)CC2)c1C. The Labute approximate surface area is 234 Å². The van der Waals surface area contributed by atoms with Gasteiger partial charge in [-0.05, 0) is 114 Å². The quantitative estimate of drug-likeness (QED) is 0.350. The molecule has 8 nitrogen and oxygen atoms in total. The average molecular weight is 559 g/mol. The minimum atomic E-state index is -3.61. The maximum Gasteiger partial charge on any atom is 0.315 e. The van der Waals surface area contributed by atoms with Crippen LogP contribution in [0.15, 0.2) is 35.2 Å². The summed E-state index contributed by atoms with van der Waals surface area (Å²) >= 11 is 0. The van der Waals surface area contributed by atoms with Gasteiger partial charge in [-0.3, -0.25) is 0 Å². The van der Waals surface area contributed by atoms with Crippen molar-refractivity contribution >= 4 is 16.1 Å². The molecule has 1 unspecified atom stereocenters. The monoisotopic (exact) mass is 558 g/mol. The van der Waals surface area contributed by atoms with Crippen molar-refractivity contribution in [3.8, 4) is 5.75 Å². The number of amides is 2. The van der Waals surface area contributed by atoms with Crippen molar-refractivity contribution in [1.29, 1.82) is 0 Å². The lowest BCUT2D eigenvalue weighted by molar-refractivity contribution is 0.157. The van der Waals surface area contributed by atoms with Crippen LogP contribution in [0.2, 0.25) is 0 Å². The Hall–Kier alpha value is -2.62. The standard InChI is InChI=1S/C30H46N4O4S/c1-20-21(2)29(39(36,37)31-4)22(3)26(28(20)38-7)14-11-19-32-30(35)33-25-17-15-24(16-18-25)27(34(5)6)23-12-9-8-10-13-23/h8-10,12-13,24-25,27,31H,11,14-19H2,1-7H3,(H2,32,33,35). The van der Waals surface area contributed by atoms with Crippen LogP contribution >= 0.6 is 0 Å². The number of hydrogen-bond acceptors (Lipinski definition) is 5. The van der Waals surface area contributed by atoms with E-state index in [0.717, 1.165) is 36.8 Å². The second kappa shape index (κ2) is 13.6. The van der Waals surface area contributed by atoms with E-state index in [1.54, 1.807) is 14.0 Å². The fourth-order valence-electron chi connectivity index (χ4n) is 6.16. The van der Waals surface area contributed by atoms with Crippen molar-refractivity contribution in [3.63, 3.8) is 0 Å². The van der Waals surface area contributed by atoms with Crippen molar-refractivity contribution < 1.29 is 17.9 Å². The molecule has 0 radical (unpaired) electrons. The molecule has 1 aliphatic rings. The third kappa shape index (κ3) is 7.32. The van der Waals surface area contributed by atoms with E-state index >= 15 is 0 Å². The van der Waals surface area contributed by atoms with Gasteiger partial charge < -0.3 is 20.3 Å². The Morgan fingerprint density at radius 2 is 1.67 bits per heavy atom. The lowest BCUT2D eigenvalue weighted by Crippen LogP contribution is -2.44. The van der Waals surface area contributed by atoms with Gasteiger partial charge in [-0.25, -0.2) is 17.9 Å². The largest absolute Gasteiger partial charge is 0.496 e. The van der Waals surface area contributed by atoms with E-state index in [4.69, 9.17) is 4.74 Å². The molecule has 0 aromatic heterocycles. The molecular formula is C30H46N4O4S. The lowest BCUT2D eigenvalue weighted by atomic mass is 9.79. The number of carbonyl (C=O) groups excluding carboxylic acids is 1. The number of rotatable bonds is 11. The molecule has 216 valence electrons. The fourth-order valence-corrected chi connectivity index (χ4v) is 7.45. The molecule has 0 spiro atoms. The van der Waals surface area contributed by atoms with E-state index in [0.29, 0.717) is 53.1 Å². The number of urea groups is 1. The number of sulfonamides is 1. The highest BCUT2D eigenvalue weighted by atomic mass is 32.2. The van der Waals surface area contributed by atoms with E-state index in [1.165, 1.54) is 12.6 Å². The normalized spacial score (nSPS) is 18.6. The molecule has 1 saturated carbocycles. The Morgan fingerprint density at radius 3 is 2.23 bits per heavy atom. The zero-order chi connectivity index (χ0) is 28.7. The second-order valence-corrected chi connectivity index (χ2v) is 12.7. The van der Waals surface area contributed by atoms with Gasteiger partial charge in [0.1, 0.15) is 5.75 Å². The van der Waals surface area contributed by atoms with E-state index < -0.39 is 10.0 Å². The van der Waals surface area contributed by atoms with Crippen LogP contribution in [-0.4, -0.2) is 60.2 Å². The molecular weight excluding hydrogens is 512 g/mol. The molecule has 1 aliphatic carbocycles. The van der Waals surface area contributed by atoms with Crippen LogP contribution in [0.1, 0.15) is 66.0 Å². The molecule has 0 bridgehead atoms. The zero-order valence-electron chi connectivity index (χ0n) is 24.6. The van der Waals surface area contributed by atoms with Crippen molar-refractivity contribution in [3.05, 3.63) is 58.1 Å². The minimum absolute atomic E-state index is 0.145. The van der Waals surface area contributed by atoms with E-state index in [2.05, 4.69) is 64.7 Å². The first-order valence-electron chi connectivity index (χ1n) is 13.9. The molecule has 3 N–H and O–H groups in total. The van der Waals surface area contributed by atoms with Crippen LogP contribution in [0.3, 0.4) is 0 Å². The van der Waals surface area contributed by atoms with Crippen molar-refractivity contribution in [2.75, 3.05) is 34.8 Å². The van der Waals surface area contributed by atoms with E-state index in [1.807, 2.05) is 13.8 Å². The van der Waals surface area contributed by atoms with Crippen LogP contribution in [0.4, 0.5) is 4.79 Å². The van der Waals surface area contributed by atoms with Gasteiger partial charge in [0.05, 0.1) is 12.0 Å². The van der Waals surface area contributed by atoms with Crippen LogP contribution in [-0.2, 0) is 16.4 Å². The Balaban J connectivity index is 1.53. The highest BCUT2D eigenvalue weighted by Crippen LogP contribution is 2.38. The first kappa shape index (κ1) is 30.9. The Morgan fingerprint density at radius 1 is 1.03 bits per heavy atom. The number of benzene rings is 2. The van der Waals surface area contributed by atoms with Gasteiger partial charge >= 0.3 is 6.03 Å². The fraction of sp³-hybridized carbons (Fsp3) is 0.567. The maximum absolute atomic E-state index is 12.7. The molecule has 1 fully saturated rings. The average Bonchev–Trinajstić information content (AvgIpc) is 2.91. The summed E-state index contributed by atoms with van der Waals surface area (Å²) in [6, 6.07) is 11.1. The summed E-state index contributed by atoms with van der Waals surface area (Å²) in [7, 11) is 3.71. The van der Waals surface area contributed by atoms with Crippen molar-refractivity contribution in [1.82, 2.24) is 20.3 Å².